The Morgan fingerprint density at radius 3 is 0.798 bits per heavy atom. The fraction of sp³-hybridized carbons (Fsp3) is 0.197. The Morgan fingerprint density at radius 1 is 0.287 bits per heavy atom. The molecule has 8 heterocycles. The molecule has 0 spiro atoms. The lowest BCUT2D eigenvalue weighted by Gasteiger charge is -2.17. The number of aryl methyl sites for hydroxylation is 2. The Hall–Kier alpha value is -10.5. The Kier molecular flexibility index (Phi) is 18.1. The number of hydrogen-bond acceptors (Lipinski definition) is 7. The van der Waals surface area contributed by atoms with Crippen LogP contribution in [0.15, 0.2) is 255 Å². The molecule has 0 aliphatic heterocycles. The Morgan fingerprint density at radius 2 is 0.511 bits per heavy atom. The molecule has 0 amide bonds. The van der Waals surface area contributed by atoms with Gasteiger partial charge in [0.15, 0.2) is 0 Å². The second-order valence-electron chi connectivity index (χ2n) is 23.8. The predicted octanol–water partition coefficient (Wildman–Crippen LogP) is 14.4. The molecule has 16 rings (SSSR count). The van der Waals surface area contributed by atoms with Crippen LogP contribution < -0.4 is 0 Å². The smallest absolute Gasteiger partial charge is 0.389 e. The summed E-state index contributed by atoms with van der Waals surface area (Å²) in [5, 5.41) is 47.9. The van der Waals surface area contributed by atoms with Gasteiger partial charge in [-0.3, -0.25) is 0 Å². The highest BCUT2D eigenvalue weighted by molar-refractivity contribution is 5.84. The number of imidazole rings is 3. The van der Waals surface area contributed by atoms with Crippen LogP contribution in [0.5, 0.6) is 0 Å². The summed E-state index contributed by atoms with van der Waals surface area (Å²) in [4.78, 5) is 12.8. The number of nitrogens with zero attached hydrogens (tertiary/aromatic N) is 11. The minimum Gasteiger partial charge on any atom is -0.389 e. The van der Waals surface area contributed by atoms with Gasteiger partial charge in [0.1, 0.15) is 11.6 Å². The van der Waals surface area contributed by atoms with E-state index in [4.69, 9.17) is 0 Å². The molecule has 0 saturated heterocycles. The summed E-state index contributed by atoms with van der Waals surface area (Å²) in [5.74, 6) is 0.875. The van der Waals surface area contributed by atoms with E-state index in [0.717, 1.165) is 60.2 Å². The van der Waals surface area contributed by atoms with Crippen molar-refractivity contribution in [2.24, 2.45) is 0 Å². The van der Waals surface area contributed by atoms with Crippen molar-refractivity contribution in [3.63, 3.8) is 0 Å². The number of hydrogen-bond donors (Lipinski definition) is 4. The molecule has 0 bridgehead atoms. The second kappa shape index (κ2) is 27.4. The van der Waals surface area contributed by atoms with Crippen LogP contribution in [0.25, 0.3) is 87.6 Å². The van der Waals surface area contributed by atoms with Gasteiger partial charge in [-0.25, -0.2) is 15.0 Å². The molecule has 0 aliphatic rings. The summed E-state index contributed by atoms with van der Waals surface area (Å²) in [5.41, 5.74) is 10.3. The quantitative estimate of drug-likeness (QED) is 0.0749. The number of aliphatic hydroxyl groups excluding tert-OH is 4. The minimum atomic E-state index is -4.58. The SMILES string of the molecule is Cc1nc2ccccc2n1CC(O)Cn1ccc2ccccc21.Cc1nc2ccccc2n1CC(O)Cn1ccc2ccccc21.OC(Cn1ccc2ccccc21)Cn1c(C(F)(F)F)nc2ccccc21.OC(Cn1ccc2ccccc21)Cn1ccc2ccccc21. The zero-order valence-electron chi connectivity index (χ0n) is 52.1. The van der Waals surface area contributed by atoms with Crippen LogP contribution in [0.1, 0.15) is 17.5 Å². The third kappa shape index (κ3) is 13.7. The van der Waals surface area contributed by atoms with Crippen molar-refractivity contribution >= 4 is 87.6 Å². The summed E-state index contributed by atoms with van der Waals surface area (Å²) in [7, 11) is 0. The number of para-hydroxylation sites is 11. The molecule has 0 fully saturated rings. The lowest BCUT2D eigenvalue weighted by atomic mass is 10.2. The van der Waals surface area contributed by atoms with Gasteiger partial charge >= 0.3 is 6.18 Å². The van der Waals surface area contributed by atoms with Gasteiger partial charge in [-0.15, -0.1) is 0 Å². The summed E-state index contributed by atoms with van der Waals surface area (Å²) in [6, 6.07) is 73.4. The molecule has 8 aromatic heterocycles. The maximum Gasteiger partial charge on any atom is 0.449 e. The molecule has 94 heavy (non-hydrogen) atoms. The molecule has 3 unspecified atom stereocenters. The summed E-state index contributed by atoms with van der Waals surface area (Å²) >= 11 is 0. The number of alkyl halides is 3. The first-order valence-electron chi connectivity index (χ1n) is 31.5. The second-order valence-corrected chi connectivity index (χ2v) is 23.8. The van der Waals surface area contributed by atoms with E-state index in [0.29, 0.717) is 44.8 Å². The fourth-order valence-corrected chi connectivity index (χ4v) is 12.8. The van der Waals surface area contributed by atoms with Crippen LogP contribution in [0.3, 0.4) is 0 Å². The van der Waals surface area contributed by atoms with Crippen molar-refractivity contribution in [1.82, 2.24) is 51.5 Å². The number of aliphatic hydroxyl groups is 4. The highest BCUT2D eigenvalue weighted by Gasteiger charge is 2.38. The van der Waals surface area contributed by atoms with E-state index in [9.17, 15) is 33.6 Å². The number of rotatable bonds is 16. The molecule has 0 radical (unpaired) electrons. The normalized spacial score (nSPS) is 12.8. The van der Waals surface area contributed by atoms with E-state index in [1.54, 1.807) is 18.2 Å². The first-order chi connectivity index (χ1) is 45.7. The van der Waals surface area contributed by atoms with Crippen molar-refractivity contribution in [3.05, 3.63) is 273 Å². The maximum absolute atomic E-state index is 13.4. The van der Waals surface area contributed by atoms with Gasteiger partial charge in [0, 0.05) is 58.6 Å². The Bertz CT molecular complexity index is 4980. The van der Waals surface area contributed by atoms with Crippen LogP contribution in [0, 0.1) is 13.8 Å². The van der Waals surface area contributed by atoms with Crippen LogP contribution in [-0.2, 0) is 58.5 Å². The van der Waals surface area contributed by atoms with Gasteiger partial charge in [0.25, 0.3) is 0 Å². The Labute approximate surface area is 539 Å². The van der Waals surface area contributed by atoms with Gasteiger partial charge in [0.2, 0.25) is 5.82 Å². The van der Waals surface area contributed by atoms with Crippen molar-refractivity contribution in [2.45, 2.75) is 96.8 Å². The van der Waals surface area contributed by atoms with Gasteiger partial charge in [-0.2, -0.15) is 13.2 Å². The first-order valence-corrected chi connectivity index (χ1v) is 31.5. The first kappa shape index (κ1) is 62.3. The van der Waals surface area contributed by atoms with Crippen molar-refractivity contribution in [1.29, 1.82) is 0 Å². The largest absolute Gasteiger partial charge is 0.449 e. The van der Waals surface area contributed by atoms with E-state index < -0.39 is 36.4 Å². The lowest BCUT2D eigenvalue weighted by Crippen LogP contribution is -2.25. The molecule has 3 atom stereocenters. The molecule has 15 nitrogen and oxygen atoms in total. The number of aromatic nitrogens is 11. The van der Waals surface area contributed by atoms with Crippen molar-refractivity contribution in [2.75, 3.05) is 0 Å². The van der Waals surface area contributed by atoms with E-state index in [2.05, 4.69) is 115 Å². The average molecular weight is 1260 g/mol. The van der Waals surface area contributed by atoms with Crippen molar-refractivity contribution in [3.8, 4) is 0 Å². The van der Waals surface area contributed by atoms with Crippen molar-refractivity contribution < 1.29 is 33.6 Å². The predicted molar refractivity (Wildman–Crippen MR) is 367 cm³/mol. The van der Waals surface area contributed by atoms with Crippen LogP contribution in [-0.4, -0.2) is 96.3 Å². The lowest BCUT2D eigenvalue weighted by molar-refractivity contribution is -0.147. The van der Waals surface area contributed by atoms with Gasteiger partial charge in [-0.1, -0.05) is 127 Å². The van der Waals surface area contributed by atoms with Crippen LogP contribution >= 0.6 is 0 Å². The fourth-order valence-electron chi connectivity index (χ4n) is 12.8. The molecule has 0 saturated carbocycles. The van der Waals surface area contributed by atoms with E-state index in [1.165, 1.54) is 38.6 Å². The number of fused-ring (bicyclic) bond motifs is 8. The summed E-state index contributed by atoms with van der Waals surface area (Å²) in [6.07, 6.45) is 3.03. The summed E-state index contributed by atoms with van der Waals surface area (Å²) in [6.45, 7) is 7.38. The van der Waals surface area contributed by atoms with E-state index in [1.807, 2.05) is 177 Å². The Balaban J connectivity index is 0.000000114. The average Bonchev–Trinajstić information content (AvgIpc) is 1.66. The molecule has 476 valence electrons. The molecule has 16 aromatic rings. The number of benzene rings is 8. The highest BCUT2D eigenvalue weighted by Crippen LogP contribution is 2.32. The van der Waals surface area contributed by atoms with Gasteiger partial charge in [0.05, 0.1) is 110 Å². The molecular weight excluding hydrogens is 1190 g/mol. The monoisotopic (exact) mass is 1260 g/mol. The number of halogens is 3. The van der Waals surface area contributed by atoms with Crippen LogP contribution in [0.2, 0.25) is 0 Å². The molecule has 8 aromatic carbocycles. The topological polar surface area (TPSA) is 159 Å². The van der Waals surface area contributed by atoms with Gasteiger partial charge < -0.3 is 57.0 Å². The van der Waals surface area contributed by atoms with E-state index in [-0.39, 0.29) is 18.6 Å². The molecule has 0 aliphatic carbocycles. The minimum absolute atomic E-state index is 0.192. The molecule has 18 heteroatoms. The maximum atomic E-state index is 13.4. The van der Waals surface area contributed by atoms with Gasteiger partial charge in [-0.05, 0) is 138 Å². The standard InChI is InChI=1S/C19H16F3N3O.2C19H19N3O.C19H18N2O/c20-19(21,22)18-23-15-6-2-4-8-17(15)25(18)12-14(26)11-24-10-9-13-5-1-3-7-16(13)24;2*1-14-20-17-7-3-5-9-19(17)22(14)13-16(23)12-21-11-10-15-6-2-4-8-18(15)21;22-17(13-20-11-9-15-5-1-3-7-18(15)20)14-21-12-10-16-6-2-4-8-19(16)21/h1-10,14,26H,11-12H2;2*2-11,16,23H,12-13H2,1H3;1-12,17,22H,13-14H2. The molecular formula is C76H72F3N11O4. The molecule has 4 N–H and O–H groups in total. The highest BCUT2D eigenvalue weighted by atomic mass is 19.4. The zero-order chi connectivity index (χ0) is 64.9. The van der Waals surface area contributed by atoms with E-state index >= 15 is 0 Å². The van der Waals surface area contributed by atoms with Crippen LogP contribution in [0.4, 0.5) is 13.2 Å². The third-order valence-corrected chi connectivity index (χ3v) is 17.2. The summed E-state index contributed by atoms with van der Waals surface area (Å²) < 4.78 is 55.6. The zero-order valence-corrected chi connectivity index (χ0v) is 52.1. The third-order valence-electron chi connectivity index (χ3n) is 17.2.